The second kappa shape index (κ2) is 8.95. The number of morpholine rings is 1. The third-order valence-corrected chi connectivity index (χ3v) is 5.34. The third-order valence-electron chi connectivity index (χ3n) is 4.26. The van der Waals surface area contributed by atoms with E-state index in [2.05, 4.69) is 5.32 Å². The fourth-order valence-electron chi connectivity index (χ4n) is 2.97. The molecule has 2 atom stereocenters. The monoisotopic (exact) mass is 378 g/mol. The predicted molar refractivity (Wildman–Crippen MR) is 93.6 cm³/mol. The van der Waals surface area contributed by atoms with E-state index in [9.17, 15) is 18.0 Å². The van der Waals surface area contributed by atoms with Crippen LogP contribution in [-0.2, 0) is 24.4 Å². The second-order valence-electron chi connectivity index (χ2n) is 7.28. The molecule has 1 fully saturated rings. The van der Waals surface area contributed by atoms with Gasteiger partial charge in [-0.25, -0.2) is 0 Å². The lowest BCUT2D eigenvalue weighted by molar-refractivity contribution is -0.140. The zero-order valence-corrected chi connectivity index (χ0v) is 16.3. The summed E-state index contributed by atoms with van der Waals surface area (Å²) in [6, 6.07) is 0. The smallest absolute Gasteiger partial charge is 0.267 e. The van der Waals surface area contributed by atoms with Gasteiger partial charge in [0.1, 0.15) is 0 Å². The highest BCUT2D eigenvalue weighted by molar-refractivity contribution is 7.85. The molecule has 2 amide bonds. The highest BCUT2D eigenvalue weighted by Crippen LogP contribution is 2.20. The maximum atomic E-state index is 12.6. The molecular formula is C16H30N2O6S. The largest absolute Gasteiger partial charge is 0.378 e. The van der Waals surface area contributed by atoms with E-state index in [0.29, 0.717) is 39.1 Å². The van der Waals surface area contributed by atoms with Crippen molar-refractivity contribution in [3.05, 3.63) is 0 Å². The van der Waals surface area contributed by atoms with Crippen molar-refractivity contribution in [2.24, 2.45) is 11.8 Å². The van der Waals surface area contributed by atoms with E-state index < -0.39 is 27.3 Å². The number of hydrogen-bond acceptors (Lipinski definition) is 5. The van der Waals surface area contributed by atoms with E-state index >= 15 is 0 Å². The Kier molecular flexibility index (Phi) is 7.83. The summed E-state index contributed by atoms with van der Waals surface area (Å²) in [6.07, 6.45) is 1.02. The highest BCUT2D eigenvalue weighted by atomic mass is 32.2. The van der Waals surface area contributed by atoms with Crippen molar-refractivity contribution in [1.29, 1.82) is 0 Å². The standard InChI is InChI=1S/C16H30N2O6S/c1-5-13(15(20)18-6-8-24-9-7-18)10-12(2)14(19)17-16(3,4)11-25(21,22)23/h12-13H,5-11H2,1-4H3,(H,17,19)(H,21,22,23). The van der Waals surface area contributed by atoms with Gasteiger partial charge in [0.2, 0.25) is 11.8 Å². The number of amides is 2. The SMILES string of the molecule is CCC(CC(C)C(=O)NC(C)(C)CS(=O)(=O)O)C(=O)N1CCOCC1. The molecule has 0 radical (unpaired) electrons. The van der Waals surface area contributed by atoms with Gasteiger partial charge in [0.15, 0.2) is 0 Å². The molecule has 0 spiro atoms. The van der Waals surface area contributed by atoms with Crippen LogP contribution in [0, 0.1) is 11.8 Å². The number of carbonyl (C=O) groups is 2. The van der Waals surface area contributed by atoms with Crippen LogP contribution in [0.1, 0.15) is 40.5 Å². The Bertz CT molecular complexity index is 569. The molecule has 0 saturated carbocycles. The molecule has 1 aliphatic heterocycles. The molecule has 1 aliphatic rings. The van der Waals surface area contributed by atoms with Gasteiger partial charge >= 0.3 is 0 Å². The fraction of sp³-hybridized carbons (Fsp3) is 0.875. The van der Waals surface area contributed by atoms with Crippen LogP contribution in [0.25, 0.3) is 0 Å². The van der Waals surface area contributed by atoms with Crippen LogP contribution in [0.15, 0.2) is 0 Å². The molecule has 9 heteroatoms. The number of rotatable bonds is 8. The summed E-state index contributed by atoms with van der Waals surface area (Å²) in [5.74, 6) is -1.58. The minimum atomic E-state index is -4.20. The number of nitrogens with one attached hydrogen (secondary N) is 1. The molecule has 1 saturated heterocycles. The maximum absolute atomic E-state index is 12.6. The first-order chi connectivity index (χ1) is 11.4. The lowest BCUT2D eigenvalue weighted by Gasteiger charge is -2.31. The predicted octanol–water partition coefficient (Wildman–Crippen LogP) is 0.680. The van der Waals surface area contributed by atoms with E-state index in [1.54, 1.807) is 11.8 Å². The van der Waals surface area contributed by atoms with E-state index in [1.807, 2.05) is 6.92 Å². The molecule has 146 valence electrons. The quantitative estimate of drug-likeness (QED) is 0.601. The Morgan fingerprint density at radius 3 is 2.32 bits per heavy atom. The van der Waals surface area contributed by atoms with Crippen molar-refractivity contribution in [3.63, 3.8) is 0 Å². The molecule has 2 N–H and O–H groups in total. The van der Waals surface area contributed by atoms with Gasteiger partial charge in [-0.1, -0.05) is 13.8 Å². The van der Waals surface area contributed by atoms with E-state index in [4.69, 9.17) is 9.29 Å². The van der Waals surface area contributed by atoms with Crippen molar-refractivity contribution < 1.29 is 27.3 Å². The van der Waals surface area contributed by atoms with Crippen LogP contribution < -0.4 is 5.32 Å². The van der Waals surface area contributed by atoms with Crippen LogP contribution in [0.2, 0.25) is 0 Å². The van der Waals surface area contributed by atoms with Crippen molar-refractivity contribution in [1.82, 2.24) is 10.2 Å². The minimum absolute atomic E-state index is 0.0302. The number of nitrogens with zero attached hydrogens (tertiary/aromatic N) is 1. The maximum Gasteiger partial charge on any atom is 0.267 e. The molecule has 1 rings (SSSR count). The Morgan fingerprint density at radius 2 is 1.84 bits per heavy atom. The Labute approximate surface area is 150 Å². The molecule has 0 bridgehead atoms. The molecule has 0 aliphatic carbocycles. The van der Waals surface area contributed by atoms with E-state index in [1.165, 1.54) is 13.8 Å². The molecule has 8 nitrogen and oxygen atoms in total. The summed E-state index contributed by atoms with van der Waals surface area (Å²) in [5.41, 5.74) is -1.09. The van der Waals surface area contributed by atoms with Crippen molar-refractivity contribution in [2.75, 3.05) is 32.1 Å². The number of ether oxygens (including phenoxy) is 1. The molecule has 0 aromatic rings. The lowest BCUT2D eigenvalue weighted by atomic mass is 9.91. The van der Waals surface area contributed by atoms with Gasteiger partial charge in [-0.3, -0.25) is 14.1 Å². The van der Waals surface area contributed by atoms with Gasteiger partial charge in [0.05, 0.1) is 24.5 Å². The van der Waals surface area contributed by atoms with Crippen molar-refractivity contribution >= 4 is 21.9 Å². The molecule has 0 aromatic carbocycles. The summed E-state index contributed by atoms with van der Waals surface area (Å²) in [4.78, 5) is 26.7. The average Bonchev–Trinajstić information content (AvgIpc) is 2.49. The van der Waals surface area contributed by atoms with Gasteiger partial charge in [-0.15, -0.1) is 0 Å². The van der Waals surface area contributed by atoms with Gasteiger partial charge < -0.3 is 15.0 Å². The first-order valence-corrected chi connectivity index (χ1v) is 10.2. The zero-order chi connectivity index (χ0) is 19.3. The molecular weight excluding hydrogens is 348 g/mol. The Balaban J connectivity index is 2.63. The van der Waals surface area contributed by atoms with Crippen LogP contribution in [0.4, 0.5) is 0 Å². The minimum Gasteiger partial charge on any atom is -0.378 e. The van der Waals surface area contributed by atoms with Crippen LogP contribution in [-0.4, -0.2) is 67.3 Å². The second-order valence-corrected chi connectivity index (χ2v) is 8.73. The summed E-state index contributed by atoms with van der Waals surface area (Å²) >= 11 is 0. The van der Waals surface area contributed by atoms with Crippen molar-refractivity contribution in [2.45, 2.75) is 46.1 Å². The zero-order valence-electron chi connectivity index (χ0n) is 15.4. The van der Waals surface area contributed by atoms with Gasteiger partial charge in [-0.05, 0) is 26.7 Å². The van der Waals surface area contributed by atoms with Crippen LogP contribution in [0.3, 0.4) is 0 Å². The lowest BCUT2D eigenvalue weighted by Crippen LogP contribution is -2.50. The first kappa shape index (κ1) is 21.9. The fourth-order valence-corrected chi connectivity index (χ4v) is 3.95. The molecule has 1 heterocycles. The van der Waals surface area contributed by atoms with E-state index in [0.717, 1.165) is 0 Å². The normalized spacial score (nSPS) is 18.5. The third kappa shape index (κ3) is 7.70. The summed E-state index contributed by atoms with van der Waals surface area (Å²) < 4.78 is 36.3. The Hall–Kier alpha value is -1.19. The summed E-state index contributed by atoms with van der Waals surface area (Å²) in [6.45, 7) is 8.88. The molecule has 0 aromatic heterocycles. The van der Waals surface area contributed by atoms with Gasteiger partial charge in [0, 0.05) is 24.9 Å². The summed E-state index contributed by atoms with van der Waals surface area (Å²) in [5, 5.41) is 2.64. The topological polar surface area (TPSA) is 113 Å². The molecule has 2 unspecified atom stereocenters. The summed E-state index contributed by atoms with van der Waals surface area (Å²) in [7, 11) is -4.20. The van der Waals surface area contributed by atoms with E-state index in [-0.39, 0.29) is 17.7 Å². The van der Waals surface area contributed by atoms with Crippen molar-refractivity contribution in [3.8, 4) is 0 Å². The highest BCUT2D eigenvalue weighted by Gasteiger charge is 2.31. The Morgan fingerprint density at radius 1 is 1.28 bits per heavy atom. The number of carbonyl (C=O) groups excluding carboxylic acids is 2. The van der Waals surface area contributed by atoms with Gasteiger partial charge in [-0.2, -0.15) is 8.42 Å². The van der Waals surface area contributed by atoms with Crippen LogP contribution >= 0.6 is 0 Å². The molecule has 25 heavy (non-hydrogen) atoms. The average molecular weight is 378 g/mol. The number of hydrogen-bond donors (Lipinski definition) is 2. The van der Waals surface area contributed by atoms with Gasteiger partial charge in [0.25, 0.3) is 10.1 Å². The first-order valence-electron chi connectivity index (χ1n) is 8.59. The van der Waals surface area contributed by atoms with Crippen LogP contribution in [0.5, 0.6) is 0 Å².